The molecule has 0 aliphatic heterocycles. The number of nitrogens with one attached hydrogen (secondary N) is 1. The van der Waals surface area contributed by atoms with Gasteiger partial charge in [0, 0.05) is 6.20 Å². The number of nitrogens with zero attached hydrogens (tertiary/aromatic N) is 3. The molecule has 0 bridgehead atoms. The van der Waals surface area contributed by atoms with E-state index in [1.54, 1.807) is 54.9 Å². The van der Waals surface area contributed by atoms with E-state index < -0.39 is 0 Å². The first-order valence-corrected chi connectivity index (χ1v) is 10.6. The van der Waals surface area contributed by atoms with Crippen molar-refractivity contribution in [2.24, 2.45) is 0 Å². The Morgan fingerprint density at radius 1 is 1.13 bits per heavy atom. The molecule has 1 amide bonds. The van der Waals surface area contributed by atoms with Crippen LogP contribution in [0.5, 0.6) is 0 Å². The lowest BCUT2D eigenvalue weighted by Gasteiger charge is -2.15. The number of hydrogen-bond acceptors (Lipinski definition) is 5. The summed E-state index contributed by atoms with van der Waals surface area (Å²) < 4.78 is 14.6. The molecule has 31 heavy (non-hydrogen) atoms. The maximum Gasteiger partial charge on any atom is 0.266 e. The van der Waals surface area contributed by atoms with Gasteiger partial charge < -0.3 is 5.32 Å². The standard InChI is InChI=1S/C23H19FN4O2S/c1-15(16-8-10-17(24)11-9-16)26-21(29)14-31-23-27-20-7-3-2-6-19(20)22(30)28(23)18-5-4-12-25-13-18/h2-13,15H,14H2,1H3,(H,26,29). The Balaban J connectivity index is 1.58. The summed E-state index contributed by atoms with van der Waals surface area (Å²) >= 11 is 1.17. The van der Waals surface area contributed by atoms with Crippen molar-refractivity contribution in [2.45, 2.75) is 18.1 Å². The number of pyridine rings is 1. The number of hydrogen-bond donors (Lipinski definition) is 1. The van der Waals surface area contributed by atoms with Crippen LogP contribution in [0.15, 0.2) is 83.0 Å². The number of para-hydroxylation sites is 1. The van der Waals surface area contributed by atoms with Gasteiger partial charge in [0.05, 0.1) is 34.6 Å². The summed E-state index contributed by atoms with van der Waals surface area (Å²) in [6, 6.07) is 16.3. The van der Waals surface area contributed by atoms with E-state index in [4.69, 9.17) is 0 Å². The predicted octanol–water partition coefficient (Wildman–Crippen LogP) is 3.89. The zero-order valence-electron chi connectivity index (χ0n) is 16.7. The van der Waals surface area contributed by atoms with E-state index in [2.05, 4.69) is 15.3 Å². The zero-order chi connectivity index (χ0) is 21.8. The summed E-state index contributed by atoms with van der Waals surface area (Å²) in [5, 5.41) is 3.78. The van der Waals surface area contributed by atoms with Gasteiger partial charge in [-0.25, -0.2) is 9.37 Å². The fourth-order valence-electron chi connectivity index (χ4n) is 3.17. The minimum Gasteiger partial charge on any atom is -0.349 e. The quantitative estimate of drug-likeness (QED) is 0.368. The Hall–Kier alpha value is -3.52. The third-order valence-corrected chi connectivity index (χ3v) is 5.67. The van der Waals surface area contributed by atoms with Crippen LogP contribution in [-0.4, -0.2) is 26.2 Å². The van der Waals surface area contributed by atoms with Crippen molar-refractivity contribution in [3.63, 3.8) is 0 Å². The summed E-state index contributed by atoms with van der Waals surface area (Å²) in [5.74, 6) is -0.480. The number of aromatic nitrogens is 3. The predicted molar refractivity (Wildman–Crippen MR) is 119 cm³/mol. The molecule has 156 valence electrons. The number of fused-ring (bicyclic) bond motifs is 1. The molecule has 2 aromatic heterocycles. The molecule has 1 atom stereocenters. The van der Waals surface area contributed by atoms with E-state index >= 15 is 0 Å². The Morgan fingerprint density at radius 3 is 2.65 bits per heavy atom. The maximum atomic E-state index is 13.1. The van der Waals surface area contributed by atoms with Gasteiger partial charge in [-0.1, -0.05) is 36.0 Å². The number of halogens is 1. The van der Waals surface area contributed by atoms with Gasteiger partial charge in [-0.05, 0) is 48.9 Å². The lowest BCUT2D eigenvalue weighted by molar-refractivity contribution is -0.119. The van der Waals surface area contributed by atoms with E-state index in [-0.39, 0.29) is 29.1 Å². The van der Waals surface area contributed by atoms with Gasteiger partial charge in [-0.3, -0.25) is 19.1 Å². The van der Waals surface area contributed by atoms with Gasteiger partial charge in [0.25, 0.3) is 5.56 Å². The SMILES string of the molecule is CC(NC(=O)CSc1nc2ccccc2c(=O)n1-c1cccnc1)c1ccc(F)cc1. The van der Waals surface area contributed by atoms with Gasteiger partial charge in [0.2, 0.25) is 5.91 Å². The van der Waals surface area contributed by atoms with E-state index in [0.29, 0.717) is 21.7 Å². The summed E-state index contributed by atoms with van der Waals surface area (Å²) in [6.45, 7) is 1.83. The topological polar surface area (TPSA) is 76.9 Å². The first kappa shape index (κ1) is 20.7. The fraction of sp³-hybridized carbons (Fsp3) is 0.130. The van der Waals surface area contributed by atoms with Crippen molar-refractivity contribution in [3.8, 4) is 5.69 Å². The van der Waals surface area contributed by atoms with E-state index in [9.17, 15) is 14.0 Å². The van der Waals surface area contributed by atoms with Crippen molar-refractivity contribution in [1.29, 1.82) is 0 Å². The fourth-order valence-corrected chi connectivity index (χ4v) is 3.99. The largest absolute Gasteiger partial charge is 0.349 e. The number of carbonyl (C=O) groups is 1. The van der Waals surface area contributed by atoms with Crippen LogP contribution in [0, 0.1) is 5.82 Å². The molecular weight excluding hydrogens is 415 g/mol. The molecule has 4 aromatic rings. The first-order valence-electron chi connectivity index (χ1n) is 9.63. The minimum atomic E-state index is -0.325. The molecule has 0 fully saturated rings. The highest BCUT2D eigenvalue weighted by Crippen LogP contribution is 2.21. The molecular formula is C23H19FN4O2S. The summed E-state index contributed by atoms with van der Waals surface area (Å²) in [6.07, 6.45) is 3.21. The molecule has 8 heteroatoms. The minimum absolute atomic E-state index is 0.0660. The highest BCUT2D eigenvalue weighted by atomic mass is 32.2. The van der Waals surface area contributed by atoms with Crippen LogP contribution < -0.4 is 10.9 Å². The van der Waals surface area contributed by atoms with Crippen molar-refractivity contribution in [3.05, 3.63) is 94.8 Å². The van der Waals surface area contributed by atoms with E-state index in [1.807, 2.05) is 13.0 Å². The average Bonchev–Trinajstić information content (AvgIpc) is 2.79. The van der Waals surface area contributed by atoms with E-state index in [1.165, 1.54) is 28.5 Å². The molecule has 1 unspecified atom stereocenters. The molecule has 0 aliphatic rings. The Kier molecular flexibility index (Phi) is 6.08. The monoisotopic (exact) mass is 434 g/mol. The van der Waals surface area contributed by atoms with Crippen LogP contribution in [0.1, 0.15) is 18.5 Å². The second kappa shape index (κ2) is 9.09. The average molecular weight is 434 g/mol. The van der Waals surface area contributed by atoms with Crippen LogP contribution >= 0.6 is 11.8 Å². The third kappa shape index (κ3) is 4.64. The molecule has 6 nitrogen and oxygen atoms in total. The maximum absolute atomic E-state index is 13.1. The van der Waals surface area contributed by atoms with Crippen LogP contribution in [0.3, 0.4) is 0 Å². The van der Waals surface area contributed by atoms with Gasteiger partial charge in [-0.15, -0.1) is 0 Å². The van der Waals surface area contributed by atoms with Crippen molar-refractivity contribution >= 4 is 28.6 Å². The Labute approximate surface area is 182 Å². The highest BCUT2D eigenvalue weighted by Gasteiger charge is 2.16. The summed E-state index contributed by atoms with van der Waals surface area (Å²) in [7, 11) is 0. The molecule has 2 heterocycles. The molecule has 0 radical (unpaired) electrons. The van der Waals surface area contributed by atoms with Crippen molar-refractivity contribution in [1.82, 2.24) is 19.9 Å². The van der Waals surface area contributed by atoms with Crippen molar-refractivity contribution in [2.75, 3.05) is 5.75 Å². The van der Waals surface area contributed by atoms with Crippen LogP contribution in [0.4, 0.5) is 4.39 Å². The number of thioether (sulfide) groups is 1. The molecule has 1 N–H and O–H groups in total. The zero-order valence-corrected chi connectivity index (χ0v) is 17.5. The molecule has 0 saturated heterocycles. The molecule has 0 saturated carbocycles. The lowest BCUT2D eigenvalue weighted by Crippen LogP contribution is -2.29. The van der Waals surface area contributed by atoms with Gasteiger partial charge >= 0.3 is 0 Å². The normalized spacial score (nSPS) is 11.9. The second-order valence-corrected chi connectivity index (χ2v) is 7.84. The first-order chi connectivity index (χ1) is 15.0. The van der Waals surface area contributed by atoms with Gasteiger partial charge in [0.1, 0.15) is 5.82 Å². The smallest absolute Gasteiger partial charge is 0.266 e. The summed E-state index contributed by atoms with van der Waals surface area (Å²) in [4.78, 5) is 34.4. The van der Waals surface area contributed by atoms with Gasteiger partial charge in [-0.2, -0.15) is 0 Å². The Morgan fingerprint density at radius 2 is 1.90 bits per heavy atom. The van der Waals surface area contributed by atoms with Crippen LogP contribution in [0.2, 0.25) is 0 Å². The number of rotatable bonds is 6. The molecule has 4 rings (SSSR count). The third-order valence-electron chi connectivity index (χ3n) is 4.73. The Bertz CT molecular complexity index is 1280. The molecule has 0 spiro atoms. The molecule has 0 aliphatic carbocycles. The van der Waals surface area contributed by atoms with Crippen molar-refractivity contribution < 1.29 is 9.18 Å². The van der Waals surface area contributed by atoms with Gasteiger partial charge in [0.15, 0.2) is 5.16 Å². The molecule has 2 aromatic carbocycles. The number of amides is 1. The highest BCUT2D eigenvalue weighted by molar-refractivity contribution is 7.99. The lowest BCUT2D eigenvalue weighted by atomic mass is 10.1. The summed E-state index contributed by atoms with van der Waals surface area (Å²) in [5.41, 5.74) is 1.72. The number of benzene rings is 2. The van der Waals surface area contributed by atoms with Crippen LogP contribution in [0.25, 0.3) is 16.6 Å². The second-order valence-electron chi connectivity index (χ2n) is 6.89. The van der Waals surface area contributed by atoms with Crippen LogP contribution in [-0.2, 0) is 4.79 Å². The number of carbonyl (C=O) groups excluding carboxylic acids is 1. The van der Waals surface area contributed by atoms with E-state index in [0.717, 1.165) is 5.56 Å².